The molecule has 1 aromatic carbocycles. The molecule has 84 valence electrons. The van der Waals surface area contributed by atoms with Gasteiger partial charge in [0.1, 0.15) is 0 Å². The molecule has 0 radical (unpaired) electrons. The van der Waals surface area contributed by atoms with E-state index in [1.54, 1.807) is 18.2 Å². The van der Waals surface area contributed by atoms with Crippen molar-refractivity contribution in [2.75, 3.05) is 20.4 Å². The molecular formula is C10H14F2NOP. The zero-order valence-corrected chi connectivity index (χ0v) is 9.84. The van der Waals surface area contributed by atoms with Gasteiger partial charge < -0.3 is 0 Å². The summed E-state index contributed by atoms with van der Waals surface area (Å²) in [5.41, 5.74) is 0.285. The van der Waals surface area contributed by atoms with Gasteiger partial charge in [0.2, 0.25) is 0 Å². The molecule has 1 rings (SSSR count). The summed E-state index contributed by atoms with van der Waals surface area (Å²) in [7, 11) is -3.84. The van der Waals surface area contributed by atoms with Gasteiger partial charge in [0.15, 0.2) is 0 Å². The van der Waals surface area contributed by atoms with Crippen molar-refractivity contribution in [1.82, 2.24) is 4.67 Å². The van der Waals surface area contributed by atoms with Gasteiger partial charge in [0, 0.05) is 0 Å². The van der Waals surface area contributed by atoms with Crippen LogP contribution in [0.3, 0.4) is 0 Å². The SMILES string of the molecule is CN(C(=O)c1ccccc1)P(C)(C)(F)F. The number of rotatable bonds is 2. The molecule has 0 fully saturated rings. The Hall–Kier alpha value is -1.02. The average Bonchev–Trinajstić information content (AvgIpc) is 2.14. The van der Waals surface area contributed by atoms with E-state index in [9.17, 15) is 13.2 Å². The summed E-state index contributed by atoms with van der Waals surface area (Å²) in [6, 6.07) is 8.09. The van der Waals surface area contributed by atoms with Gasteiger partial charge in [-0.3, -0.25) is 0 Å². The van der Waals surface area contributed by atoms with E-state index in [1.807, 2.05) is 0 Å². The first-order chi connectivity index (χ1) is 6.68. The van der Waals surface area contributed by atoms with E-state index in [1.165, 1.54) is 12.1 Å². The molecule has 0 aliphatic carbocycles. The van der Waals surface area contributed by atoms with Gasteiger partial charge in [0.25, 0.3) is 0 Å². The first-order valence-electron chi connectivity index (χ1n) is 4.47. The van der Waals surface area contributed by atoms with Gasteiger partial charge in [-0.15, -0.1) is 0 Å². The minimum absolute atomic E-state index is 0.285. The third kappa shape index (κ3) is 2.96. The topological polar surface area (TPSA) is 20.3 Å². The molecule has 0 spiro atoms. The van der Waals surface area contributed by atoms with Gasteiger partial charge in [-0.2, -0.15) is 0 Å². The first-order valence-corrected chi connectivity index (χ1v) is 7.33. The Balaban J connectivity index is 2.98. The van der Waals surface area contributed by atoms with Gasteiger partial charge in [0.05, 0.1) is 0 Å². The van der Waals surface area contributed by atoms with Crippen LogP contribution in [0.2, 0.25) is 0 Å². The van der Waals surface area contributed by atoms with Crippen LogP contribution in [0, 0.1) is 0 Å². The quantitative estimate of drug-likeness (QED) is 0.718. The number of halogens is 2. The number of benzene rings is 1. The number of carbonyl (C=O) groups excluding carboxylic acids is 1. The van der Waals surface area contributed by atoms with Crippen LogP contribution in [0.4, 0.5) is 8.39 Å². The number of hydrogen-bond acceptors (Lipinski definition) is 1. The number of carbonyl (C=O) groups is 1. The zero-order chi connectivity index (χ0) is 11.7. The Morgan fingerprint density at radius 1 is 1.20 bits per heavy atom. The molecule has 0 aromatic heterocycles. The molecule has 1 amide bonds. The Labute approximate surface area is 88.1 Å². The van der Waals surface area contributed by atoms with Crippen LogP contribution in [0.1, 0.15) is 10.4 Å². The van der Waals surface area contributed by atoms with E-state index in [0.717, 1.165) is 20.4 Å². The molecule has 2 nitrogen and oxygen atoms in total. The molecule has 0 aliphatic heterocycles. The van der Waals surface area contributed by atoms with Crippen molar-refractivity contribution >= 4 is 13.3 Å². The molecule has 15 heavy (non-hydrogen) atoms. The van der Waals surface area contributed by atoms with Crippen molar-refractivity contribution < 1.29 is 13.2 Å². The first kappa shape index (κ1) is 12.1. The normalized spacial score (nSPS) is 14.1. The maximum atomic E-state index is 13.6. The summed E-state index contributed by atoms with van der Waals surface area (Å²) in [4.78, 5) is 11.7. The molecule has 0 heterocycles. The van der Waals surface area contributed by atoms with Gasteiger partial charge >= 0.3 is 87.4 Å². The number of nitrogens with zero attached hydrogens (tertiary/aromatic N) is 1. The molecule has 1 aromatic rings. The van der Waals surface area contributed by atoms with Crippen LogP contribution in [0.25, 0.3) is 0 Å². The van der Waals surface area contributed by atoms with Gasteiger partial charge in [-0.05, 0) is 0 Å². The summed E-state index contributed by atoms with van der Waals surface area (Å²) in [6.07, 6.45) is 0. The van der Waals surface area contributed by atoms with Crippen LogP contribution in [-0.2, 0) is 0 Å². The second-order valence-corrected chi connectivity index (χ2v) is 8.01. The Kier molecular flexibility index (Phi) is 2.83. The fourth-order valence-corrected chi connectivity index (χ4v) is 1.63. The van der Waals surface area contributed by atoms with E-state index in [4.69, 9.17) is 0 Å². The third-order valence-electron chi connectivity index (χ3n) is 2.14. The second-order valence-electron chi connectivity index (χ2n) is 3.93. The predicted octanol–water partition coefficient (Wildman–Crippen LogP) is 3.26. The summed E-state index contributed by atoms with van der Waals surface area (Å²) in [6.45, 7) is 1.68. The number of amides is 1. The zero-order valence-electron chi connectivity index (χ0n) is 8.95. The van der Waals surface area contributed by atoms with E-state index in [0.29, 0.717) is 4.67 Å². The Morgan fingerprint density at radius 2 is 1.67 bits per heavy atom. The van der Waals surface area contributed by atoms with Crippen molar-refractivity contribution in [1.29, 1.82) is 0 Å². The summed E-state index contributed by atoms with van der Waals surface area (Å²) in [5, 5.41) is 0. The van der Waals surface area contributed by atoms with Crippen molar-refractivity contribution in [3.05, 3.63) is 35.9 Å². The van der Waals surface area contributed by atoms with Crippen LogP contribution < -0.4 is 0 Å². The predicted molar refractivity (Wildman–Crippen MR) is 59.5 cm³/mol. The van der Waals surface area contributed by atoms with Crippen LogP contribution >= 0.6 is 7.38 Å². The van der Waals surface area contributed by atoms with Crippen molar-refractivity contribution in [3.63, 3.8) is 0 Å². The molecule has 0 saturated carbocycles. The Morgan fingerprint density at radius 3 is 2.07 bits per heavy atom. The molecular weight excluding hydrogens is 219 g/mol. The van der Waals surface area contributed by atoms with E-state index in [-0.39, 0.29) is 5.56 Å². The molecule has 0 atom stereocenters. The van der Waals surface area contributed by atoms with E-state index in [2.05, 4.69) is 0 Å². The van der Waals surface area contributed by atoms with Gasteiger partial charge in [-0.1, -0.05) is 0 Å². The summed E-state index contributed by atoms with van der Waals surface area (Å²) >= 11 is 0. The Bertz CT molecular complexity index is 363. The second kappa shape index (κ2) is 3.53. The molecule has 0 unspecified atom stereocenters. The van der Waals surface area contributed by atoms with E-state index < -0.39 is 13.3 Å². The molecule has 0 saturated heterocycles. The molecule has 0 aliphatic rings. The fourth-order valence-electron chi connectivity index (χ4n) is 1.02. The fraction of sp³-hybridized carbons (Fsp3) is 0.300. The van der Waals surface area contributed by atoms with Crippen molar-refractivity contribution in [2.24, 2.45) is 0 Å². The third-order valence-corrected chi connectivity index (χ3v) is 3.98. The minimum atomic E-state index is -4.99. The maximum absolute atomic E-state index is 13.6. The standard InChI is InChI=1S/C10H14F2NOP/c1-13(15(2,3,11)12)10(14)9-7-5-4-6-8-9/h4-8H,1-3H3. The molecule has 0 N–H and O–H groups in total. The van der Waals surface area contributed by atoms with Crippen molar-refractivity contribution in [3.8, 4) is 0 Å². The van der Waals surface area contributed by atoms with Crippen molar-refractivity contribution in [2.45, 2.75) is 0 Å². The molecule has 5 heteroatoms. The summed E-state index contributed by atoms with van der Waals surface area (Å²) in [5.74, 6) is -0.636. The van der Waals surface area contributed by atoms with E-state index >= 15 is 0 Å². The van der Waals surface area contributed by atoms with Crippen LogP contribution in [0.15, 0.2) is 30.3 Å². The van der Waals surface area contributed by atoms with Crippen LogP contribution in [-0.4, -0.2) is 31.0 Å². The van der Waals surface area contributed by atoms with Gasteiger partial charge in [-0.25, -0.2) is 0 Å². The average molecular weight is 233 g/mol. The monoisotopic (exact) mass is 233 g/mol. The molecule has 0 bridgehead atoms. The number of hydrogen-bond donors (Lipinski definition) is 0. The van der Waals surface area contributed by atoms with Crippen LogP contribution in [0.5, 0.6) is 0 Å². The summed E-state index contributed by atoms with van der Waals surface area (Å²) < 4.78 is 27.7.